The molecular formula is C10H15NOS. The third-order valence-corrected chi connectivity index (χ3v) is 3.80. The van der Waals surface area contributed by atoms with Gasteiger partial charge in [0.2, 0.25) is 0 Å². The molecule has 0 aromatic carbocycles. The zero-order valence-corrected chi connectivity index (χ0v) is 8.68. The van der Waals surface area contributed by atoms with Crippen LogP contribution in [0.3, 0.4) is 0 Å². The summed E-state index contributed by atoms with van der Waals surface area (Å²) < 4.78 is 0. The van der Waals surface area contributed by atoms with Gasteiger partial charge in [0.1, 0.15) is 0 Å². The summed E-state index contributed by atoms with van der Waals surface area (Å²) in [5, 5.41) is 12.3. The standard InChI is InChI=1S/C10H15NOS/c1-7(5-12)9-6-13-10(11-9)8-3-2-4-8/h6-8,12H,2-5H2,1H3. The Morgan fingerprint density at radius 1 is 1.69 bits per heavy atom. The predicted molar refractivity (Wildman–Crippen MR) is 54.2 cm³/mol. The van der Waals surface area contributed by atoms with Crippen molar-refractivity contribution >= 4 is 11.3 Å². The minimum atomic E-state index is 0.199. The average molecular weight is 197 g/mol. The van der Waals surface area contributed by atoms with Crippen molar-refractivity contribution in [2.24, 2.45) is 0 Å². The van der Waals surface area contributed by atoms with Gasteiger partial charge in [-0.3, -0.25) is 0 Å². The zero-order chi connectivity index (χ0) is 9.26. The highest BCUT2D eigenvalue weighted by molar-refractivity contribution is 7.09. The van der Waals surface area contributed by atoms with E-state index < -0.39 is 0 Å². The normalized spacial score (nSPS) is 19.8. The molecule has 1 heterocycles. The second kappa shape index (κ2) is 3.76. The minimum Gasteiger partial charge on any atom is -0.396 e. The van der Waals surface area contributed by atoms with E-state index in [0.29, 0.717) is 0 Å². The number of aromatic nitrogens is 1. The van der Waals surface area contributed by atoms with E-state index in [4.69, 9.17) is 5.11 Å². The molecule has 2 nitrogen and oxygen atoms in total. The van der Waals surface area contributed by atoms with Gasteiger partial charge in [-0.1, -0.05) is 13.3 Å². The van der Waals surface area contributed by atoms with Gasteiger partial charge in [0, 0.05) is 17.2 Å². The van der Waals surface area contributed by atoms with Crippen LogP contribution in [0.25, 0.3) is 0 Å². The second-order valence-electron chi connectivity index (χ2n) is 3.82. The molecule has 1 aromatic heterocycles. The van der Waals surface area contributed by atoms with E-state index in [1.54, 1.807) is 11.3 Å². The van der Waals surface area contributed by atoms with Crippen LogP contribution in [0.4, 0.5) is 0 Å². The molecule has 72 valence electrons. The van der Waals surface area contributed by atoms with Crippen molar-refractivity contribution in [3.63, 3.8) is 0 Å². The van der Waals surface area contributed by atoms with E-state index in [0.717, 1.165) is 11.6 Å². The van der Waals surface area contributed by atoms with Crippen LogP contribution in [-0.4, -0.2) is 16.7 Å². The fourth-order valence-electron chi connectivity index (χ4n) is 1.46. The third-order valence-electron chi connectivity index (χ3n) is 2.77. The fourth-order valence-corrected chi connectivity index (χ4v) is 2.58. The molecule has 1 N–H and O–H groups in total. The third kappa shape index (κ3) is 1.76. The van der Waals surface area contributed by atoms with Crippen molar-refractivity contribution < 1.29 is 5.11 Å². The maximum atomic E-state index is 8.97. The lowest BCUT2D eigenvalue weighted by Crippen LogP contribution is -2.08. The summed E-state index contributed by atoms with van der Waals surface area (Å²) >= 11 is 1.75. The SMILES string of the molecule is CC(CO)c1csc(C2CCC2)n1. The van der Waals surface area contributed by atoms with Gasteiger partial charge in [-0.2, -0.15) is 0 Å². The first kappa shape index (κ1) is 9.16. The molecule has 1 saturated carbocycles. The summed E-state index contributed by atoms with van der Waals surface area (Å²) in [6, 6.07) is 0. The molecule has 0 saturated heterocycles. The largest absolute Gasteiger partial charge is 0.396 e. The van der Waals surface area contributed by atoms with Gasteiger partial charge >= 0.3 is 0 Å². The summed E-state index contributed by atoms with van der Waals surface area (Å²) in [7, 11) is 0. The predicted octanol–water partition coefficient (Wildman–Crippen LogP) is 2.51. The van der Waals surface area contributed by atoms with Crippen LogP contribution in [0, 0.1) is 0 Å². The monoisotopic (exact) mass is 197 g/mol. The molecule has 0 bridgehead atoms. The number of nitrogens with zero attached hydrogens (tertiary/aromatic N) is 1. The minimum absolute atomic E-state index is 0.199. The Bertz CT molecular complexity index is 261. The molecule has 1 aromatic rings. The molecule has 1 atom stereocenters. The van der Waals surface area contributed by atoms with E-state index in [1.165, 1.54) is 24.3 Å². The quantitative estimate of drug-likeness (QED) is 0.807. The Labute approximate surface area is 82.6 Å². The Hall–Kier alpha value is -0.410. The summed E-state index contributed by atoms with van der Waals surface area (Å²) in [6.45, 7) is 2.22. The lowest BCUT2D eigenvalue weighted by atomic mass is 9.86. The molecule has 0 spiro atoms. The summed E-state index contributed by atoms with van der Waals surface area (Å²) in [4.78, 5) is 4.56. The lowest BCUT2D eigenvalue weighted by Gasteiger charge is -2.22. The van der Waals surface area contributed by atoms with Gasteiger partial charge in [0.25, 0.3) is 0 Å². The second-order valence-corrected chi connectivity index (χ2v) is 4.71. The Kier molecular flexibility index (Phi) is 2.65. The average Bonchev–Trinajstić information content (AvgIpc) is 2.49. The molecule has 2 rings (SSSR count). The maximum absolute atomic E-state index is 8.97. The molecular weight excluding hydrogens is 182 g/mol. The van der Waals surface area contributed by atoms with Crippen molar-refractivity contribution in [1.29, 1.82) is 0 Å². The van der Waals surface area contributed by atoms with Gasteiger partial charge in [-0.15, -0.1) is 11.3 Å². The number of hydrogen-bond donors (Lipinski definition) is 1. The van der Waals surface area contributed by atoms with Crippen molar-refractivity contribution in [1.82, 2.24) is 4.98 Å². The van der Waals surface area contributed by atoms with Gasteiger partial charge in [0.05, 0.1) is 17.3 Å². The molecule has 1 fully saturated rings. The number of aliphatic hydroxyl groups is 1. The number of thiazole rings is 1. The Morgan fingerprint density at radius 3 is 3.00 bits per heavy atom. The fraction of sp³-hybridized carbons (Fsp3) is 0.700. The summed E-state index contributed by atoms with van der Waals surface area (Å²) in [6.07, 6.45) is 3.97. The zero-order valence-electron chi connectivity index (χ0n) is 7.86. The molecule has 0 amide bonds. The summed E-state index contributed by atoms with van der Waals surface area (Å²) in [5.74, 6) is 0.926. The molecule has 1 aliphatic carbocycles. The first-order valence-corrected chi connectivity index (χ1v) is 5.75. The number of aliphatic hydroxyl groups excluding tert-OH is 1. The highest BCUT2D eigenvalue weighted by Crippen LogP contribution is 2.38. The molecule has 0 radical (unpaired) electrons. The van der Waals surface area contributed by atoms with Crippen LogP contribution in [0.1, 0.15) is 48.7 Å². The smallest absolute Gasteiger partial charge is 0.0959 e. The topological polar surface area (TPSA) is 33.1 Å². The van der Waals surface area contributed by atoms with Gasteiger partial charge in [-0.25, -0.2) is 4.98 Å². The van der Waals surface area contributed by atoms with Gasteiger partial charge in [-0.05, 0) is 12.8 Å². The van der Waals surface area contributed by atoms with Crippen LogP contribution in [0.5, 0.6) is 0 Å². The molecule has 3 heteroatoms. The first-order valence-electron chi connectivity index (χ1n) is 4.87. The van der Waals surface area contributed by atoms with E-state index in [9.17, 15) is 0 Å². The lowest BCUT2D eigenvalue weighted by molar-refractivity contribution is 0.271. The highest BCUT2D eigenvalue weighted by atomic mass is 32.1. The molecule has 0 aliphatic heterocycles. The Morgan fingerprint density at radius 2 is 2.46 bits per heavy atom. The summed E-state index contributed by atoms with van der Waals surface area (Å²) in [5.41, 5.74) is 1.06. The van der Waals surface area contributed by atoms with E-state index in [1.807, 2.05) is 6.92 Å². The van der Waals surface area contributed by atoms with Crippen LogP contribution in [0.2, 0.25) is 0 Å². The number of hydrogen-bond acceptors (Lipinski definition) is 3. The first-order chi connectivity index (χ1) is 6.31. The van der Waals surface area contributed by atoms with Crippen molar-refractivity contribution in [2.75, 3.05) is 6.61 Å². The van der Waals surface area contributed by atoms with E-state index in [-0.39, 0.29) is 12.5 Å². The van der Waals surface area contributed by atoms with E-state index in [2.05, 4.69) is 10.4 Å². The van der Waals surface area contributed by atoms with Crippen LogP contribution in [-0.2, 0) is 0 Å². The van der Waals surface area contributed by atoms with Crippen molar-refractivity contribution in [3.8, 4) is 0 Å². The van der Waals surface area contributed by atoms with Crippen molar-refractivity contribution in [2.45, 2.75) is 38.0 Å². The van der Waals surface area contributed by atoms with Crippen LogP contribution < -0.4 is 0 Å². The van der Waals surface area contributed by atoms with Gasteiger partial charge in [0.15, 0.2) is 0 Å². The van der Waals surface area contributed by atoms with Crippen molar-refractivity contribution in [3.05, 3.63) is 16.1 Å². The maximum Gasteiger partial charge on any atom is 0.0959 e. The van der Waals surface area contributed by atoms with Gasteiger partial charge < -0.3 is 5.11 Å². The molecule has 1 aliphatic rings. The molecule has 13 heavy (non-hydrogen) atoms. The molecule has 1 unspecified atom stereocenters. The van der Waals surface area contributed by atoms with E-state index >= 15 is 0 Å². The highest BCUT2D eigenvalue weighted by Gasteiger charge is 2.23. The Balaban J connectivity index is 2.08. The van der Waals surface area contributed by atoms with Crippen LogP contribution >= 0.6 is 11.3 Å². The van der Waals surface area contributed by atoms with Crippen LogP contribution in [0.15, 0.2) is 5.38 Å². The number of rotatable bonds is 3.